The number of rotatable bonds is 1. The Hall–Kier alpha value is -1.76. The zero-order valence-corrected chi connectivity index (χ0v) is 11.4. The third kappa shape index (κ3) is 3.22. The summed E-state index contributed by atoms with van der Waals surface area (Å²) in [4.78, 5) is 17.3. The van der Waals surface area contributed by atoms with E-state index in [1.54, 1.807) is 4.90 Å². The molecule has 1 aliphatic heterocycles. The van der Waals surface area contributed by atoms with Crippen LogP contribution in [0.15, 0.2) is 40.7 Å². The van der Waals surface area contributed by atoms with E-state index in [9.17, 15) is 18.0 Å². The highest BCUT2D eigenvalue weighted by Crippen LogP contribution is 2.35. The van der Waals surface area contributed by atoms with Gasteiger partial charge in [0.2, 0.25) is 5.91 Å². The van der Waals surface area contributed by atoms with E-state index >= 15 is 0 Å². The molecular weight excluding hydrogens is 289 g/mol. The Kier molecular flexibility index (Phi) is 3.89. The number of hydrogen-bond acceptors (Lipinski definition) is 2. The average molecular weight is 300 g/mol. The maximum Gasteiger partial charge on any atom is 0.416 e. The number of benzene rings is 1. The minimum absolute atomic E-state index is 0.362. The number of nitrogens with zero attached hydrogens (tertiary/aromatic N) is 2. The van der Waals surface area contributed by atoms with E-state index in [2.05, 4.69) is 11.6 Å². The Morgan fingerprint density at radius 1 is 1.35 bits per heavy atom. The first-order valence-electron chi connectivity index (χ1n) is 5.67. The summed E-state index contributed by atoms with van der Waals surface area (Å²) in [5.74, 6) is -0.362. The number of alkyl halides is 3. The molecule has 1 fully saturated rings. The lowest BCUT2D eigenvalue weighted by Gasteiger charge is -2.18. The number of amides is 1. The van der Waals surface area contributed by atoms with Crippen molar-refractivity contribution in [3.05, 3.63) is 41.3 Å². The SMILES string of the molecule is C=C1CN(c2ccc(C(F)(F)F)cc2)/C(=N/C(C)=O)S1. The van der Waals surface area contributed by atoms with Gasteiger partial charge in [-0.2, -0.15) is 18.2 Å². The molecule has 106 valence electrons. The minimum Gasteiger partial charge on any atom is -0.316 e. The molecule has 0 bridgehead atoms. The van der Waals surface area contributed by atoms with Crippen LogP contribution in [0, 0.1) is 0 Å². The molecule has 3 nitrogen and oxygen atoms in total. The zero-order valence-electron chi connectivity index (χ0n) is 10.6. The van der Waals surface area contributed by atoms with Crippen LogP contribution in [0.2, 0.25) is 0 Å². The molecule has 0 spiro atoms. The lowest BCUT2D eigenvalue weighted by molar-refractivity contribution is -0.137. The van der Waals surface area contributed by atoms with Gasteiger partial charge in [-0.3, -0.25) is 4.79 Å². The van der Waals surface area contributed by atoms with E-state index in [1.807, 2.05) is 0 Å². The van der Waals surface area contributed by atoms with Crippen molar-refractivity contribution in [2.75, 3.05) is 11.4 Å². The number of anilines is 1. The molecule has 1 aromatic rings. The largest absolute Gasteiger partial charge is 0.416 e. The monoisotopic (exact) mass is 300 g/mol. The summed E-state index contributed by atoms with van der Waals surface area (Å²) in [6.45, 7) is 5.53. The molecule has 0 radical (unpaired) electrons. The fourth-order valence-corrected chi connectivity index (χ4v) is 2.62. The van der Waals surface area contributed by atoms with Crippen LogP contribution in [-0.2, 0) is 11.0 Å². The molecule has 0 saturated carbocycles. The maximum atomic E-state index is 12.5. The van der Waals surface area contributed by atoms with Gasteiger partial charge in [0.25, 0.3) is 0 Å². The minimum atomic E-state index is -4.36. The fraction of sp³-hybridized carbons (Fsp3) is 0.231. The van der Waals surface area contributed by atoms with Crippen molar-refractivity contribution in [3.8, 4) is 0 Å². The first-order valence-corrected chi connectivity index (χ1v) is 6.48. The highest BCUT2D eigenvalue weighted by Gasteiger charge is 2.31. The van der Waals surface area contributed by atoms with E-state index in [0.717, 1.165) is 17.0 Å². The van der Waals surface area contributed by atoms with Crippen LogP contribution in [0.5, 0.6) is 0 Å². The molecule has 1 aliphatic rings. The van der Waals surface area contributed by atoms with Crippen molar-refractivity contribution >= 4 is 28.5 Å². The quantitative estimate of drug-likeness (QED) is 0.793. The normalized spacial score (nSPS) is 17.9. The second-order valence-electron chi connectivity index (χ2n) is 4.18. The number of halogens is 3. The lowest BCUT2D eigenvalue weighted by atomic mass is 10.2. The molecular formula is C13H11F3N2OS. The smallest absolute Gasteiger partial charge is 0.316 e. The highest BCUT2D eigenvalue weighted by molar-refractivity contribution is 8.18. The van der Waals surface area contributed by atoms with Gasteiger partial charge in [0, 0.05) is 17.5 Å². The number of thioether (sulfide) groups is 1. The molecule has 1 saturated heterocycles. The average Bonchev–Trinajstić information content (AvgIpc) is 2.68. The van der Waals surface area contributed by atoms with E-state index in [1.165, 1.54) is 30.8 Å². The van der Waals surface area contributed by atoms with Crippen LogP contribution in [0.25, 0.3) is 0 Å². The molecule has 0 unspecified atom stereocenters. The van der Waals surface area contributed by atoms with Crippen LogP contribution >= 0.6 is 11.8 Å². The van der Waals surface area contributed by atoms with Crippen LogP contribution in [0.4, 0.5) is 18.9 Å². The summed E-state index contributed by atoms with van der Waals surface area (Å²) in [6, 6.07) is 4.73. The molecule has 0 aliphatic carbocycles. The summed E-state index contributed by atoms with van der Waals surface area (Å²) in [5, 5.41) is 0.433. The van der Waals surface area contributed by atoms with Crippen LogP contribution in [0.1, 0.15) is 12.5 Å². The van der Waals surface area contributed by atoms with Gasteiger partial charge in [-0.15, -0.1) is 0 Å². The van der Waals surface area contributed by atoms with E-state index < -0.39 is 11.7 Å². The Morgan fingerprint density at radius 3 is 2.45 bits per heavy atom. The predicted octanol–water partition coefficient (Wildman–Crippen LogP) is 3.67. The Morgan fingerprint density at radius 2 is 1.95 bits per heavy atom. The Balaban J connectivity index is 2.31. The molecule has 0 N–H and O–H groups in total. The molecule has 0 atom stereocenters. The third-order valence-corrected chi connectivity index (χ3v) is 3.47. The van der Waals surface area contributed by atoms with Gasteiger partial charge in [-0.05, 0) is 24.3 Å². The summed E-state index contributed by atoms with van der Waals surface area (Å²) in [6.07, 6.45) is -4.36. The van der Waals surface area contributed by atoms with Gasteiger partial charge in [-0.25, -0.2) is 0 Å². The predicted molar refractivity (Wildman–Crippen MR) is 73.6 cm³/mol. The zero-order chi connectivity index (χ0) is 14.9. The second kappa shape index (κ2) is 5.32. The van der Waals surface area contributed by atoms with Crippen molar-refractivity contribution < 1.29 is 18.0 Å². The summed E-state index contributed by atoms with van der Waals surface area (Å²) in [5.41, 5.74) is -0.166. The van der Waals surface area contributed by atoms with E-state index in [-0.39, 0.29) is 5.91 Å². The maximum absolute atomic E-state index is 12.5. The summed E-state index contributed by atoms with van der Waals surface area (Å²) in [7, 11) is 0. The molecule has 1 aromatic carbocycles. The fourth-order valence-electron chi connectivity index (χ4n) is 1.71. The van der Waals surface area contributed by atoms with Crippen LogP contribution in [-0.4, -0.2) is 17.6 Å². The van der Waals surface area contributed by atoms with Gasteiger partial charge in [0.1, 0.15) is 0 Å². The first-order chi connectivity index (χ1) is 9.27. The number of aliphatic imine (C=N–C) groups is 1. The van der Waals surface area contributed by atoms with E-state index in [4.69, 9.17) is 0 Å². The van der Waals surface area contributed by atoms with Crippen molar-refractivity contribution in [2.45, 2.75) is 13.1 Å². The number of amidine groups is 1. The Bertz CT molecular complexity index is 578. The first kappa shape index (κ1) is 14.6. The van der Waals surface area contributed by atoms with Gasteiger partial charge in [0.15, 0.2) is 5.17 Å². The molecule has 0 aromatic heterocycles. The third-order valence-electron chi connectivity index (χ3n) is 2.56. The van der Waals surface area contributed by atoms with Crippen LogP contribution in [0.3, 0.4) is 0 Å². The summed E-state index contributed by atoms with van der Waals surface area (Å²) < 4.78 is 37.5. The standard InChI is InChI=1S/C13H11F3N2OS/c1-8-7-18(12(20-8)17-9(2)19)11-5-3-10(4-6-11)13(14,15)16/h3-6H,1,7H2,2H3/b17-12-. The topological polar surface area (TPSA) is 32.7 Å². The van der Waals surface area contributed by atoms with Gasteiger partial charge in [-0.1, -0.05) is 18.3 Å². The molecule has 1 heterocycles. The van der Waals surface area contributed by atoms with Gasteiger partial charge in [0.05, 0.1) is 12.1 Å². The van der Waals surface area contributed by atoms with Crippen molar-refractivity contribution in [3.63, 3.8) is 0 Å². The number of carbonyl (C=O) groups excluding carboxylic acids is 1. The highest BCUT2D eigenvalue weighted by atomic mass is 32.2. The summed E-state index contributed by atoms with van der Waals surface area (Å²) >= 11 is 1.24. The number of carbonyl (C=O) groups is 1. The number of hydrogen-bond donors (Lipinski definition) is 0. The van der Waals surface area contributed by atoms with Gasteiger partial charge < -0.3 is 4.90 Å². The van der Waals surface area contributed by atoms with Crippen molar-refractivity contribution in [2.24, 2.45) is 4.99 Å². The van der Waals surface area contributed by atoms with Crippen LogP contribution < -0.4 is 4.90 Å². The molecule has 1 amide bonds. The molecule has 2 rings (SSSR count). The van der Waals surface area contributed by atoms with E-state index in [0.29, 0.717) is 17.4 Å². The Labute approximate surface area is 118 Å². The van der Waals surface area contributed by atoms with Crippen molar-refractivity contribution in [1.82, 2.24) is 0 Å². The second-order valence-corrected chi connectivity index (χ2v) is 5.33. The molecule has 7 heteroatoms. The van der Waals surface area contributed by atoms with Crippen molar-refractivity contribution in [1.29, 1.82) is 0 Å². The van der Waals surface area contributed by atoms with Gasteiger partial charge >= 0.3 is 6.18 Å². The lowest BCUT2D eigenvalue weighted by Crippen LogP contribution is -2.24. The molecule has 20 heavy (non-hydrogen) atoms.